The van der Waals surface area contributed by atoms with Gasteiger partial charge in [0.05, 0.1) is 0 Å². The molecule has 2 heteroatoms. The van der Waals surface area contributed by atoms with Gasteiger partial charge in [-0.2, -0.15) is 10.5 Å². The van der Waals surface area contributed by atoms with E-state index in [4.69, 9.17) is 10.5 Å². The Bertz CT molecular complexity index is 259. The quantitative estimate of drug-likeness (QED) is 0.553. The molecule has 1 aliphatic carbocycles. The third kappa shape index (κ3) is 1.48. The highest BCUT2D eigenvalue weighted by atomic mass is 14.3. The van der Waals surface area contributed by atoms with Crippen LogP contribution in [0.15, 0.2) is 11.1 Å². The average molecular weight is 160 g/mol. The van der Waals surface area contributed by atoms with Gasteiger partial charge >= 0.3 is 0 Å². The van der Waals surface area contributed by atoms with Crippen LogP contribution in [0, 0.1) is 28.6 Å². The predicted molar refractivity (Wildman–Crippen MR) is 45.9 cm³/mol. The Hall–Kier alpha value is -1.28. The Labute approximate surface area is 73.1 Å². The molecule has 0 N–H and O–H groups in total. The zero-order valence-corrected chi connectivity index (χ0v) is 7.30. The van der Waals surface area contributed by atoms with Gasteiger partial charge in [0.15, 0.2) is 0 Å². The molecule has 1 fully saturated rings. The monoisotopic (exact) mass is 160 g/mol. The van der Waals surface area contributed by atoms with E-state index in [9.17, 15) is 0 Å². The fourth-order valence-corrected chi connectivity index (χ4v) is 1.87. The second kappa shape index (κ2) is 3.93. The van der Waals surface area contributed by atoms with Crippen molar-refractivity contribution >= 4 is 0 Å². The molecule has 0 bridgehead atoms. The van der Waals surface area contributed by atoms with E-state index in [1.807, 2.05) is 12.1 Å². The summed E-state index contributed by atoms with van der Waals surface area (Å²) in [6.07, 6.45) is 4.30. The lowest BCUT2D eigenvalue weighted by Crippen LogP contribution is -1.96. The molecule has 0 amide bonds. The van der Waals surface area contributed by atoms with Crippen LogP contribution < -0.4 is 0 Å². The van der Waals surface area contributed by atoms with Gasteiger partial charge in [-0.15, -0.1) is 0 Å². The predicted octanol–water partition coefficient (Wildman–Crippen LogP) is 2.54. The molecule has 1 aliphatic rings. The normalized spacial score (nSPS) is 21.6. The minimum Gasteiger partial charge on any atom is -0.192 e. The molecule has 1 atom stereocenters. The van der Waals surface area contributed by atoms with E-state index < -0.39 is 0 Å². The Morgan fingerprint density at radius 3 is 2.67 bits per heavy atom. The van der Waals surface area contributed by atoms with Gasteiger partial charge in [0.2, 0.25) is 0 Å². The third-order valence-corrected chi connectivity index (χ3v) is 2.53. The number of nitriles is 2. The first-order valence-electron chi connectivity index (χ1n) is 4.36. The van der Waals surface area contributed by atoms with Gasteiger partial charge in [-0.3, -0.25) is 0 Å². The van der Waals surface area contributed by atoms with E-state index in [1.54, 1.807) is 0 Å². The van der Waals surface area contributed by atoms with E-state index in [-0.39, 0.29) is 0 Å². The van der Waals surface area contributed by atoms with Gasteiger partial charge < -0.3 is 0 Å². The zero-order chi connectivity index (χ0) is 8.97. The molecule has 0 aromatic rings. The van der Waals surface area contributed by atoms with Gasteiger partial charge in [0, 0.05) is 0 Å². The van der Waals surface area contributed by atoms with Gasteiger partial charge in [-0.25, -0.2) is 0 Å². The molecule has 0 radical (unpaired) electrons. The van der Waals surface area contributed by atoms with Crippen molar-refractivity contribution in [2.24, 2.45) is 5.92 Å². The molecule has 62 valence electrons. The van der Waals surface area contributed by atoms with Crippen molar-refractivity contribution in [3.05, 3.63) is 11.1 Å². The van der Waals surface area contributed by atoms with E-state index in [2.05, 4.69) is 6.92 Å². The zero-order valence-electron chi connectivity index (χ0n) is 7.30. The summed E-state index contributed by atoms with van der Waals surface area (Å²) < 4.78 is 0. The van der Waals surface area contributed by atoms with E-state index >= 15 is 0 Å². The van der Waals surface area contributed by atoms with Crippen molar-refractivity contribution in [2.45, 2.75) is 32.6 Å². The number of nitrogens with zero attached hydrogens (tertiary/aromatic N) is 2. The molecule has 12 heavy (non-hydrogen) atoms. The highest BCUT2D eigenvalue weighted by Crippen LogP contribution is 2.35. The van der Waals surface area contributed by atoms with Crippen LogP contribution in [0.4, 0.5) is 0 Å². The molecule has 0 spiro atoms. The van der Waals surface area contributed by atoms with Gasteiger partial charge in [-0.1, -0.05) is 6.92 Å². The molecular weight excluding hydrogens is 148 g/mol. The first-order valence-corrected chi connectivity index (χ1v) is 4.36. The fourth-order valence-electron chi connectivity index (χ4n) is 1.87. The molecule has 0 aromatic heterocycles. The van der Waals surface area contributed by atoms with Crippen molar-refractivity contribution in [3.63, 3.8) is 0 Å². The number of hydrogen-bond donors (Lipinski definition) is 0. The number of rotatable bonds is 1. The molecule has 2 nitrogen and oxygen atoms in total. The number of allylic oxidation sites excluding steroid dienone is 2. The summed E-state index contributed by atoms with van der Waals surface area (Å²) in [6.45, 7) is 2.11. The summed E-state index contributed by atoms with van der Waals surface area (Å²) >= 11 is 0. The third-order valence-electron chi connectivity index (χ3n) is 2.53. The lowest BCUT2D eigenvalue weighted by molar-refractivity contribution is 0.605. The second-order valence-electron chi connectivity index (χ2n) is 3.12. The van der Waals surface area contributed by atoms with Crippen LogP contribution >= 0.6 is 0 Å². The largest absolute Gasteiger partial charge is 0.192 e. The maximum atomic E-state index is 8.67. The molecular formula is C10H12N2. The van der Waals surface area contributed by atoms with Crippen molar-refractivity contribution in [1.82, 2.24) is 0 Å². The Morgan fingerprint density at radius 1 is 1.50 bits per heavy atom. The van der Waals surface area contributed by atoms with Crippen LogP contribution in [-0.4, -0.2) is 0 Å². The van der Waals surface area contributed by atoms with Crippen LogP contribution in [0.2, 0.25) is 0 Å². The molecule has 0 aromatic carbocycles. The van der Waals surface area contributed by atoms with Crippen molar-refractivity contribution in [3.8, 4) is 12.1 Å². The Balaban J connectivity index is 2.94. The summed E-state index contributed by atoms with van der Waals surface area (Å²) in [5, 5.41) is 17.3. The van der Waals surface area contributed by atoms with Crippen LogP contribution in [0.3, 0.4) is 0 Å². The average Bonchev–Trinajstić information content (AvgIpc) is 2.55. The van der Waals surface area contributed by atoms with Crippen LogP contribution in [0.5, 0.6) is 0 Å². The fraction of sp³-hybridized carbons (Fsp3) is 0.600. The maximum Gasteiger partial charge on any atom is 0.129 e. The van der Waals surface area contributed by atoms with Crippen LogP contribution in [0.1, 0.15) is 32.6 Å². The molecule has 1 unspecified atom stereocenters. The summed E-state index contributed by atoms with van der Waals surface area (Å²) in [7, 11) is 0. The minimum atomic E-state index is 0.361. The van der Waals surface area contributed by atoms with Gasteiger partial charge in [0.25, 0.3) is 0 Å². The lowest BCUT2D eigenvalue weighted by atomic mass is 9.96. The minimum absolute atomic E-state index is 0.361. The smallest absolute Gasteiger partial charge is 0.129 e. The van der Waals surface area contributed by atoms with Crippen molar-refractivity contribution < 1.29 is 0 Å². The summed E-state index contributed by atoms with van der Waals surface area (Å²) in [5.74, 6) is 0.499. The standard InChI is InChI=1S/C10H12N2/c1-2-8-4-3-5-10(8)9(6-11)7-12/h8H,2-5H2,1H3. The van der Waals surface area contributed by atoms with Crippen molar-refractivity contribution in [2.75, 3.05) is 0 Å². The number of hydrogen-bond acceptors (Lipinski definition) is 2. The molecule has 1 rings (SSSR count). The summed E-state index contributed by atoms with van der Waals surface area (Å²) in [5.41, 5.74) is 1.46. The Kier molecular flexibility index (Phi) is 2.88. The highest BCUT2D eigenvalue weighted by Gasteiger charge is 2.22. The van der Waals surface area contributed by atoms with Crippen LogP contribution in [0.25, 0.3) is 0 Å². The molecule has 0 aliphatic heterocycles. The van der Waals surface area contributed by atoms with E-state index in [1.165, 1.54) is 0 Å². The SMILES string of the molecule is CCC1CCCC1=C(C#N)C#N. The first-order chi connectivity index (χ1) is 5.83. The second-order valence-corrected chi connectivity index (χ2v) is 3.12. The van der Waals surface area contributed by atoms with Gasteiger partial charge in [-0.05, 0) is 37.2 Å². The Morgan fingerprint density at radius 2 is 2.17 bits per heavy atom. The maximum absolute atomic E-state index is 8.67. The van der Waals surface area contributed by atoms with Gasteiger partial charge in [0.1, 0.15) is 17.7 Å². The summed E-state index contributed by atoms with van der Waals surface area (Å²) in [4.78, 5) is 0. The van der Waals surface area contributed by atoms with E-state index in [0.717, 1.165) is 31.3 Å². The van der Waals surface area contributed by atoms with Crippen molar-refractivity contribution in [1.29, 1.82) is 10.5 Å². The topological polar surface area (TPSA) is 47.6 Å². The molecule has 0 saturated heterocycles. The van der Waals surface area contributed by atoms with Crippen LogP contribution in [-0.2, 0) is 0 Å². The first kappa shape index (κ1) is 8.81. The highest BCUT2D eigenvalue weighted by molar-refractivity contribution is 5.42. The molecule has 1 saturated carbocycles. The summed E-state index contributed by atoms with van der Waals surface area (Å²) in [6, 6.07) is 3.95. The molecule has 0 heterocycles. The van der Waals surface area contributed by atoms with E-state index in [0.29, 0.717) is 11.5 Å². The lowest BCUT2D eigenvalue weighted by Gasteiger charge is -2.07.